The Bertz CT molecular complexity index is 3250. The van der Waals surface area contributed by atoms with E-state index in [1.807, 2.05) is 0 Å². The lowest BCUT2D eigenvalue weighted by atomic mass is 9.69. The standard InChI is InChI=1S/C61H43NO2/c1-3-13-40(14-4-1)42-23-25-43(26-24-42)45-29-33-47(34-30-45)62(46-31-27-44(28-32-46)41-15-5-2-6-16-41)48-35-36-57-58(37-48)64-59-38-52-51-19-9-12-22-55(51)61(56(52)39-60(59)63-57)53-20-10-7-17-49(53)50-18-8-11-21-54(50)61/h2-3,5-8,10-18,20-39H,1,4,9,19H2. The third-order valence-electron chi connectivity index (χ3n) is 13.9. The molecule has 8 aromatic carbocycles. The Morgan fingerprint density at radius 1 is 0.391 bits per heavy atom. The largest absolute Gasteiger partial charge is 0.449 e. The normalized spacial score (nSPS) is 15.5. The minimum absolute atomic E-state index is 0.406. The van der Waals surface area contributed by atoms with Gasteiger partial charge < -0.3 is 14.4 Å². The van der Waals surface area contributed by atoms with Gasteiger partial charge in [0, 0.05) is 17.4 Å². The van der Waals surface area contributed by atoms with Crippen LogP contribution in [-0.4, -0.2) is 0 Å². The minimum atomic E-state index is -0.406. The van der Waals surface area contributed by atoms with Gasteiger partial charge in [0.15, 0.2) is 23.0 Å². The highest BCUT2D eigenvalue weighted by molar-refractivity contribution is 5.97. The van der Waals surface area contributed by atoms with Crippen molar-refractivity contribution in [2.24, 2.45) is 0 Å². The van der Waals surface area contributed by atoms with E-state index in [2.05, 4.69) is 217 Å². The molecule has 0 atom stereocenters. The molecule has 0 N–H and O–H groups in total. The fraction of sp³-hybridized carbons (Fsp3) is 0.0820. The van der Waals surface area contributed by atoms with Crippen molar-refractivity contribution in [2.75, 3.05) is 4.90 Å². The van der Waals surface area contributed by atoms with Crippen molar-refractivity contribution in [1.29, 1.82) is 0 Å². The van der Waals surface area contributed by atoms with Crippen molar-refractivity contribution in [1.82, 2.24) is 0 Å². The SMILES string of the molecule is C1=CC(c2ccc(-c3ccc(N(c4ccc(-c5ccccc5)cc4)c4ccc5c(c4)Oc4cc6c(cc4O5)C4(C5=C6CCC=C5)c5ccccc5-c5ccccc54)cc3)cc2)=CCC1. The molecule has 0 aromatic heterocycles. The zero-order chi connectivity index (χ0) is 42.2. The van der Waals surface area contributed by atoms with Crippen LogP contribution in [0.15, 0.2) is 218 Å². The molecular formula is C61H43NO2. The summed E-state index contributed by atoms with van der Waals surface area (Å²) in [6.07, 6.45) is 15.8. The Balaban J connectivity index is 0.878. The van der Waals surface area contributed by atoms with Crippen LogP contribution in [0, 0.1) is 0 Å². The van der Waals surface area contributed by atoms with E-state index < -0.39 is 5.41 Å². The van der Waals surface area contributed by atoms with Crippen molar-refractivity contribution in [2.45, 2.75) is 31.1 Å². The average Bonchev–Trinajstić information content (AvgIpc) is 3.83. The summed E-state index contributed by atoms with van der Waals surface area (Å²) < 4.78 is 13.8. The zero-order valence-corrected chi connectivity index (χ0v) is 35.3. The number of hydrogen-bond acceptors (Lipinski definition) is 3. The molecule has 304 valence electrons. The highest BCUT2D eigenvalue weighted by Crippen LogP contribution is 2.65. The number of allylic oxidation sites excluding steroid dienone is 8. The van der Waals surface area contributed by atoms with E-state index in [1.54, 1.807) is 0 Å². The predicted molar refractivity (Wildman–Crippen MR) is 262 cm³/mol. The van der Waals surface area contributed by atoms with Gasteiger partial charge in [-0.15, -0.1) is 0 Å². The molecule has 13 rings (SSSR count). The summed E-state index contributed by atoms with van der Waals surface area (Å²) in [5.74, 6) is 2.88. The summed E-state index contributed by atoms with van der Waals surface area (Å²) in [7, 11) is 0. The molecule has 3 nitrogen and oxygen atoms in total. The fourth-order valence-electron chi connectivity index (χ4n) is 10.9. The van der Waals surface area contributed by atoms with Gasteiger partial charge in [-0.2, -0.15) is 0 Å². The van der Waals surface area contributed by atoms with Crippen LogP contribution < -0.4 is 14.4 Å². The molecule has 0 amide bonds. The van der Waals surface area contributed by atoms with Gasteiger partial charge in [-0.25, -0.2) is 0 Å². The first-order chi connectivity index (χ1) is 31.7. The number of nitrogens with zero attached hydrogens (tertiary/aromatic N) is 1. The molecule has 0 saturated carbocycles. The smallest absolute Gasteiger partial charge is 0.172 e. The number of hydrogen-bond donors (Lipinski definition) is 0. The van der Waals surface area contributed by atoms with Crippen molar-refractivity contribution in [3.05, 3.63) is 246 Å². The molecule has 0 fully saturated rings. The van der Waals surface area contributed by atoms with Gasteiger partial charge in [0.25, 0.3) is 0 Å². The average molecular weight is 822 g/mol. The van der Waals surface area contributed by atoms with Crippen LogP contribution in [0.2, 0.25) is 0 Å². The molecule has 8 aromatic rings. The Kier molecular flexibility index (Phi) is 8.39. The molecule has 1 aliphatic heterocycles. The van der Waals surface area contributed by atoms with E-state index in [-0.39, 0.29) is 0 Å². The van der Waals surface area contributed by atoms with E-state index in [9.17, 15) is 0 Å². The first-order valence-corrected chi connectivity index (χ1v) is 22.5. The Labute approximate surface area is 374 Å². The highest BCUT2D eigenvalue weighted by Gasteiger charge is 2.53. The first kappa shape index (κ1) is 36.7. The summed E-state index contributed by atoms with van der Waals surface area (Å²) in [6, 6.07) is 65.9. The number of anilines is 3. The summed E-state index contributed by atoms with van der Waals surface area (Å²) in [5, 5.41) is 0. The third-order valence-corrected chi connectivity index (χ3v) is 13.9. The van der Waals surface area contributed by atoms with Gasteiger partial charge >= 0.3 is 0 Å². The van der Waals surface area contributed by atoms with Crippen molar-refractivity contribution in [3.8, 4) is 56.4 Å². The molecule has 1 spiro atoms. The van der Waals surface area contributed by atoms with Gasteiger partial charge in [0.2, 0.25) is 0 Å². The Morgan fingerprint density at radius 3 is 1.61 bits per heavy atom. The quantitative estimate of drug-likeness (QED) is 0.167. The molecule has 5 aliphatic rings. The lowest BCUT2D eigenvalue weighted by Crippen LogP contribution is -2.27. The second-order valence-corrected chi connectivity index (χ2v) is 17.4. The molecule has 4 aliphatic carbocycles. The Morgan fingerprint density at radius 2 is 0.938 bits per heavy atom. The van der Waals surface area contributed by atoms with Crippen LogP contribution in [0.25, 0.3) is 44.5 Å². The summed E-state index contributed by atoms with van der Waals surface area (Å²) in [4.78, 5) is 2.30. The lowest BCUT2D eigenvalue weighted by molar-refractivity contribution is 0.359. The molecule has 3 heteroatoms. The molecule has 0 saturated heterocycles. The predicted octanol–water partition coefficient (Wildman–Crippen LogP) is 16.6. The zero-order valence-electron chi connectivity index (χ0n) is 35.3. The maximum absolute atomic E-state index is 6.94. The first-order valence-electron chi connectivity index (χ1n) is 22.5. The molecule has 1 heterocycles. The summed E-state index contributed by atoms with van der Waals surface area (Å²) >= 11 is 0. The monoisotopic (exact) mass is 821 g/mol. The number of benzene rings is 8. The molecule has 0 radical (unpaired) electrons. The van der Waals surface area contributed by atoms with Crippen molar-refractivity contribution in [3.63, 3.8) is 0 Å². The topological polar surface area (TPSA) is 21.7 Å². The van der Waals surface area contributed by atoms with Crippen molar-refractivity contribution >= 4 is 28.2 Å². The van der Waals surface area contributed by atoms with Crippen LogP contribution in [0.5, 0.6) is 23.0 Å². The number of fused-ring (bicyclic) bond motifs is 11. The van der Waals surface area contributed by atoms with Crippen molar-refractivity contribution < 1.29 is 9.47 Å². The maximum Gasteiger partial charge on any atom is 0.172 e. The van der Waals surface area contributed by atoms with Crippen LogP contribution in [0.3, 0.4) is 0 Å². The highest BCUT2D eigenvalue weighted by atomic mass is 16.6. The van der Waals surface area contributed by atoms with Gasteiger partial charge in [0.05, 0.1) is 11.1 Å². The molecule has 0 bridgehead atoms. The van der Waals surface area contributed by atoms with E-state index in [0.29, 0.717) is 11.5 Å². The van der Waals surface area contributed by atoms with Crippen LogP contribution in [0.4, 0.5) is 17.1 Å². The van der Waals surface area contributed by atoms with E-state index >= 15 is 0 Å². The van der Waals surface area contributed by atoms with Crippen LogP contribution in [-0.2, 0) is 5.41 Å². The van der Waals surface area contributed by atoms with Crippen LogP contribution >= 0.6 is 0 Å². The lowest BCUT2D eigenvalue weighted by Gasteiger charge is -2.33. The van der Waals surface area contributed by atoms with Gasteiger partial charge in [-0.3, -0.25) is 0 Å². The second-order valence-electron chi connectivity index (χ2n) is 17.4. The molecule has 64 heavy (non-hydrogen) atoms. The second kappa shape index (κ2) is 14.6. The third kappa shape index (κ3) is 5.67. The van der Waals surface area contributed by atoms with E-state index in [4.69, 9.17) is 9.47 Å². The molecular weight excluding hydrogens is 779 g/mol. The summed E-state index contributed by atoms with van der Waals surface area (Å²) in [5.41, 5.74) is 20.5. The van der Waals surface area contributed by atoms with E-state index in [1.165, 1.54) is 77.9 Å². The number of rotatable bonds is 6. The molecule has 0 unspecified atom stereocenters. The van der Waals surface area contributed by atoms with Gasteiger partial charge in [0.1, 0.15) is 0 Å². The maximum atomic E-state index is 6.94. The summed E-state index contributed by atoms with van der Waals surface area (Å²) in [6.45, 7) is 0. The van der Waals surface area contributed by atoms with Crippen LogP contribution in [0.1, 0.15) is 53.5 Å². The Hall–Kier alpha value is -7.88. The minimum Gasteiger partial charge on any atom is -0.449 e. The van der Waals surface area contributed by atoms with Gasteiger partial charge in [-0.1, -0.05) is 158 Å². The van der Waals surface area contributed by atoms with E-state index in [0.717, 1.165) is 54.2 Å². The fourth-order valence-corrected chi connectivity index (χ4v) is 10.9. The van der Waals surface area contributed by atoms with Gasteiger partial charge in [-0.05, 0) is 152 Å². The number of ether oxygens (including phenoxy) is 2.